The van der Waals surface area contributed by atoms with Crippen LogP contribution in [0.3, 0.4) is 0 Å². The van der Waals surface area contributed by atoms with Gasteiger partial charge in [-0.3, -0.25) is 4.79 Å². The molecule has 1 fully saturated rings. The zero-order valence-corrected chi connectivity index (χ0v) is 12.9. The Bertz CT molecular complexity index is 686. The lowest BCUT2D eigenvalue weighted by atomic mass is 10.1. The number of nitrogens with zero attached hydrogens (tertiary/aromatic N) is 3. The maximum atomic E-state index is 11.7. The lowest BCUT2D eigenvalue weighted by molar-refractivity contribution is -0.129. The van der Waals surface area contributed by atoms with E-state index < -0.39 is 0 Å². The second-order valence-electron chi connectivity index (χ2n) is 5.61. The maximum absolute atomic E-state index is 11.7. The van der Waals surface area contributed by atoms with Gasteiger partial charge in [-0.05, 0) is 43.5 Å². The predicted molar refractivity (Wildman–Crippen MR) is 85.9 cm³/mol. The Balaban J connectivity index is 1.84. The van der Waals surface area contributed by atoms with Gasteiger partial charge < -0.3 is 10.2 Å². The predicted octanol–water partition coefficient (Wildman–Crippen LogP) is 3.21. The third kappa shape index (κ3) is 2.93. The van der Waals surface area contributed by atoms with Crippen molar-refractivity contribution in [1.82, 2.24) is 14.9 Å². The lowest BCUT2D eigenvalue weighted by Crippen LogP contribution is -2.28. The number of aryl methyl sites for hydroxylation is 1. The van der Waals surface area contributed by atoms with E-state index in [9.17, 15) is 4.79 Å². The Morgan fingerprint density at radius 3 is 2.95 bits per heavy atom. The summed E-state index contributed by atoms with van der Waals surface area (Å²) in [5.74, 6) is 1.68. The molecule has 5 heteroatoms. The smallest absolute Gasteiger partial charge is 0.220 e. The Labute approximate surface area is 130 Å². The van der Waals surface area contributed by atoms with Crippen LogP contribution in [0.2, 0.25) is 0 Å². The number of hydrogen-bond donors (Lipinski definition) is 1. The zero-order valence-electron chi connectivity index (χ0n) is 12.9. The van der Waals surface area contributed by atoms with Crippen molar-refractivity contribution in [2.75, 3.05) is 11.9 Å². The molecule has 5 nitrogen and oxygen atoms in total. The van der Waals surface area contributed by atoms with Gasteiger partial charge in [0.05, 0.1) is 11.7 Å². The van der Waals surface area contributed by atoms with Crippen LogP contribution in [0, 0.1) is 6.92 Å². The highest BCUT2D eigenvalue weighted by Crippen LogP contribution is 2.31. The summed E-state index contributed by atoms with van der Waals surface area (Å²) in [6.45, 7) is 4.45. The van der Waals surface area contributed by atoms with Gasteiger partial charge in [0.2, 0.25) is 5.91 Å². The number of rotatable bonds is 3. The summed E-state index contributed by atoms with van der Waals surface area (Å²) in [7, 11) is 0. The molecule has 0 bridgehead atoms. The number of carbonyl (C=O) groups excluding carboxylic acids is 1. The highest BCUT2D eigenvalue weighted by Gasteiger charge is 2.28. The van der Waals surface area contributed by atoms with Crippen LogP contribution < -0.4 is 5.32 Å². The van der Waals surface area contributed by atoms with Gasteiger partial charge >= 0.3 is 0 Å². The van der Waals surface area contributed by atoms with Crippen LogP contribution in [0.25, 0.3) is 0 Å². The highest BCUT2D eigenvalue weighted by molar-refractivity contribution is 5.74. The van der Waals surface area contributed by atoms with Crippen LogP contribution in [-0.4, -0.2) is 27.3 Å². The minimum atomic E-state index is 0.0871. The monoisotopic (exact) mass is 296 g/mol. The first-order valence-electron chi connectivity index (χ1n) is 7.58. The van der Waals surface area contributed by atoms with Crippen LogP contribution >= 0.6 is 0 Å². The first-order valence-corrected chi connectivity index (χ1v) is 7.58. The first kappa shape index (κ1) is 14.5. The molecule has 1 saturated heterocycles. The number of pyridine rings is 2. The SMILES string of the molecule is CC(=O)N1CCCC1c1cccc(Nc2ncccc2C)n1. The quantitative estimate of drug-likeness (QED) is 0.945. The Kier molecular flexibility index (Phi) is 4.04. The molecule has 22 heavy (non-hydrogen) atoms. The Morgan fingerprint density at radius 1 is 1.32 bits per heavy atom. The van der Waals surface area contributed by atoms with E-state index in [1.54, 1.807) is 13.1 Å². The molecule has 2 aromatic heterocycles. The summed E-state index contributed by atoms with van der Waals surface area (Å²) >= 11 is 0. The van der Waals surface area contributed by atoms with E-state index in [2.05, 4.69) is 15.3 Å². The van der Waals surface area contributed by atoms with E-state index >= 15 is 0 Å². The van der Waals surface area contributed by atoms with Gasteiger partial charge in [0, 0.05) is 19.7 Å². The van der Waals surface area contributed by atoms with E-state index in [0.717, 1.165) is 42.3 Å². The van der Waals surface area contributed by atoms with Gasteiger partial charge in [-0.2, -0.15) is 0 Å². The molecule has 1 aliphatic rings. The number of amides is 1. The van der Waals surface area contributed by atoms with E-state index in [-0.39, 0.29) is 11.9 Å². The molecule has 1 aliphatic heterocycles. The van der Waals surface area contributed by atoms with Crippen molar-refractivity contribution in [3.8, 4) is 0 Å². The molecular weight excluding hydrogens is 276 g/mol. The van der Waals surface area contributed by atoms with Gasteiger partial charge in [0.1, 0.15) is 11.6 Å². The topological polar surface area (TPSA) is 58.1 Å². The molecule has 3 rings (SSSR count). The van der Waals surface area contributed by atoms with Crippen molar-refractivity contribution in [3.05, 3.63) is 47.8 Å². The van der Waals surface area contributed by atoms with Crippen molar-refractivity contribution in [1.29, 1.82) is 0 Å². The standard InChI is InChI=1S/C17H20N4O/c1-12-6-4-10-18-17(12)20-16-9-3-7-14(19-16)15-8-5-11-21(15)13(2)22/h3-4,6-7,9-10,15H,5,8,11H2,1-2H3,(H,18,19,20). The van der Waals surface area contributed by atoms with Crippen molar-refractivity contribution in [2.24, 2.45) is 0 Å². The maximum Gasteiger partial charge on any atom is 0.220 e. The molecule has 0 saturated carbocycles. The summed E-state index contributed by atoms with van der Waals surface area (Å²) in [6.07, 6.45) is 3.76. The summed E-state index contributed by atoms with van der Waals surface area (Å²) in [6, 6.07) is 9.89. The van der Waals surface area contributed by atoms with Crippen LogP contribution in [0.1, 0.15) is 37.1 Å². The molecule has 0 aromatic carbocycles. The van der Waals surface area contributed by atoms with Crippen molar-refractivity contribution in [2.45, 2.75) is 32.7 Å². The number of anilines is 2. The molecule has 1 amide bonds. The van der Waals surface area contributed by atoms with Crippen LogP contribution in [-0.2, 0) is 4.79 Å². The van der Waals surface area contributed by atoms with Crippen molar-refractivity contribution < 1.29 is 4.79 Å². The van der Waals surface area contributed by atoms with Gasteiger partial charge in [-0.1, -0.05) is 12.1 Å². The highest BCUT2D eigenvalue weighted by atomic mass is 16.2. The molecular formula is C17H20N4O. The molecule has 1 atom stereocenters. The van der Waals surface area contributed by atoms with Gasteiger partial charge in [0.15, 0.2) is 0 Å². The largest absolute Gasteiger partial charge is 0.334 e. The molecule has 1 N–H and O–H groups in total. The van der Waals surface area contributed by atoms with E-state index in [0.29, 0.717) is 0 Å². The molecule has 2 aromatic rings. The lowest BCUT2D eigenvalue weighted by Gasteiger charge is -2.23. The minimum absolute atomic E-state index is 0.0871. The second kappa shape index (κ2) is 6.13. The molecule has 0 spiro atoms. The number of carbonyl (C=O) groups is 1. The van der Waals surface area contributed by atoms with E-state index in [4.69, 9.17) is 0 Å². The average molecular weight is 296 g/mol. The van der Waals surface area contributed by atoms with Gasteiger partial charge in [0.25, 0.3) is 0 Å². The minimum Gasteiger partial charge on any atom is -0.334 e. The number of nitrogens with one attached hydrogen (secondary N) is 1. The molecule has 0 radical (unpaired) electrons. The fourth-order valence-corrected chi connectivity index (χ4v) is 2.90. The summed E-state index contributed by atoms with van der Waals surface area (Å²) < 4.78 is 0. The fraction of sp³-hybridized carbons (Fsp3) is 0.353. The third-order valence-electron chi connectivity index (χ3n) is 4.03. The molecule has 3 heterocycles. The number of likely N-dealkylation sites (tertiary alicyclic amines) is 1. The van der Waals surface area contributed by atoms with Gasteiger partial charge in [-0.25, -0.2) is 9.97 Å². The van der Waals surface area contributed by atoms with E-state index in [1.807, 2.05) is 42.2 Å². The fourth-order valence-electron chi connectivity index (χ4n) is 2.90. The van der Waals surface area contributed by atoms with Crippen molar-refractivity contribution >= 4 is 17.5 Å². The molecule has 114 valence electrons. The van der Waals surface area contributed by atoms with Gasteiger partial charge in [-0.15, -0.1) is 0 Å². The Hall–Kier alpha value is -2.43. The van der Waals surface area contributed by atoms with E-state index in [1.165, 1.54) is 0 Å². The zero-order chi connectivity index (χ0) is 15.5. The Morgan fingerprint density at radius 2 is 2.18 bits per heavy atom. The van der Waals surface area contributed by atoms with Crippen molar-refractivity contribution in [3.63, 3.8) is 0 Å². The average Bonchev–Trinajstić information content (AvgIpc) is 3.00. The number of aromatic nitrogens is 2. The summed E-state index contributed by atoms with van der Waals surface area (Å²) in [4.78, 5) is 22.6. The van der Waals surface area contributed by atoms with Crippen LogP contribution in [0.4, 0.5) is 11.6 Å². The first-order chi connectivity index (χ1) is 10.6. The molecule has 1 unspecified atom stereocenters. The second-order valence-corrected chi connectivity index (χ2v) is 5.61. The molecule has 0 aliphatic carbocycles. The summed E-state index contributed by atoms with van der Waals surface area (Å²) in [5, 5.41) is 3.25. The summed E-state index contributed by atoms with van der Waals surface area (Å²) in [5.41, 5.74) is 2.01. The third-order valence-corrected chi connectivity index (χ3v) is 4.03. The normalized spacial score (nSPS) is 17.5. The van der Waals surface area contributed by atoms with Crippen LogP contribution in [0.5, 0.6) is 0 Å². The van der Waals surface area contributed by atoms with Crippen LogP contribution in [0.15, 0.2) is 36.5 Å². The number of hydrogen-bond acceptors (Lipinski definition) is 4.